The van der Waals surface area contributed by atoms with Gasteiger partial charge in [-0.1, -0.05) is 18.2 Å². The Morgan fingerprint density at radius 2 is 2.21 bits per heavy atom. The van der Waals surface area contributed by atoms with Gasteiger partial charge in [0.25, 0.3) is 0 Å². The highest BCUT2D eigenvalue weighted by Crippen LogP contribution is 2.15. The molecule has 0 bridgehead atoms. The summed E-state index contributed by atoms with van der Waals surface area (Å²) in [6, 6.07) is 9.32. The van der Waals surface area contributed by atoms with Crippen molar-refractivity contribution >= 4 is 16.9 Å². The molecule has 1 aromatic heterocycles. The number of aliphatic carboxylic acids is 1. The van der Waals surface area contributed by atoms with E-state index >= 15 is 0 Å². The van der Waals surface area contributed by atoms with Crippen molar-refractivity contribution in [2.45, 2.75) is 12.9 Å². The molecule has 14 heavy (non-hydrogen) atoms. The maximum atomic E-state index is 10.7. The number of nitrogens with zero attached hydrogens (tertiary/aromatic N) is 1. The number of rotatable bonds is 3. The van der Waals surface area contributed by atoms with Gasteiger partial charge in [0.1, 0.15) is 0 Å². The van der Waals surface area contributed by atoms with Crippen LogP contribution in [0.15, 0.2) is 36.5 Å². The van der Waals surface area contributed by atoms with E-state index in [2.05, 4.69) is 0 Å². The number of carboxylic acid groups (broad SMARTS) is 1. The highest BCUT2D eigenvalue weighted by Gasteiger charge is 2.01. The van der Waals surface area contributed by atoms with Crippen molar-refractivity contribution in [3.05, 3.63) is 36.5 Å². The molecule has 1 N–H and O–H groups in total. The molecule has 0 saturated heterocycles. The molecule has 0 aliphatic heterocycles. The van der Waals surface area contributed by atoms with Crippen molar-refractivity contribution in [2.24, 2.45) is 0 Å². The van der Waals surface area contributed by atoms with E-state index in [1.165, 1.54) is 0 Å². The normalized spacial score (nSPS) is 13.7. The van der Waals surface area contributed by atoms with E-state index in [4.69, 9.17) is 7.85 Å². The van der Waals surface area contributed by atoms with Crippen molar-refractivity contribution in [1.29, 1.82) is 0 Å². The average molecular weight is 191 g/mol. The Hall–Kier alpha value is -1.77. The third kappa shape index (κ3) is 1.62. The number of carbonyl (C=O) groups is 1. The zero-order valence-electron chi connectivity index (χ0n) is 9.47. The van der Waals surface area contributed by atoms with E-state index in [0.29, 0.717) is 0 Å². The molecular weight excluding hydrogens is 178 g/mol. The van der Waals surface area contributed by atoms with E-state index < -0.39 is 12.3 Å². The number of hydrogen-bond acceptors (Lipinski definition) is 1. The Balaban J connectivity index is 2.38. The van der Waals surface area contributed by atoms with Crippen LogP contribution >= 0.6 is 0 Å². The molecule has 0 fully saturated rings. The van der Waals surface area contributed by atoms with Crippen molar-refractivity contribution in [2.75, 3.05) is 0 Å². The Labute approximate surface area is 84.4 Å². The fraction of sp³-hybridized carbons (Fsp3) is 0.182. The zero-order chi connectivity index (χ0) is 11.8. The van der Waals surface area contributed by atoms with Gasteiger partial charge in [0, 0.05) is 21.0 Å². The molecule has 2 rings (SSSR count). The van der Waals surface area contributed by atoms with E-state index in [1.54, 1.807) is 10.8 Å². The molecule has 1 heterocycles. The molecule has 0 amide bonds. The van der Waals surface area contributed by atoms with E-state index in [-0.39, 0.29) is 6.54 Å². The van der Waals surface area contributed by atoms with Gasteiger partial charge in [-0.05, 0) is 17.5 Å². The molecule has 2 aromatic rings. The van der Waals surface area contributed by atoms with Crippen LogP contribution < -0.4 is 0 Å². The van der Waals surface area contributed by atoms with Gasteiger partial charge in [-0.3, -0.25) is 4.79 Å². The average Bonchev–Trinajstić information content (AvgIpc) is 2.61. The summed E-state index contributed by atoms with van der Waals surface area (Å²) >= 11 is 0. The van der Waals surface area contributed by atoms with E-state index in [1.807, 2.05) is 30.3 Å². The number of hydrogen-bond donors (Lipinski definition) is 1. The van der Waals surface area contributed by atoms with Crippen LogP contribution in [0.25, 0.3) is 10.9 Å². The van der Waals surface area contributed by atoms with Crippen LogP contribution in [0.1, 0.15) is 9.11 Å². The van der Waals surface area contributed by atoms with Crippen molar-refractivity contribution < 1.29 is 12.6 Å². The molecule has 1 aromatic carbocycles. The minimum absolute atomic E-state index is 0.185. The Morgan fingerprint density at radius 1 is 1.43 bits per heavy atom. The van der Waals surface area contributed by atoms with Crippen LogP contribution in [0.2, 0.25) is 0 Å². The first kappa shape index (κ1) is 6.65. The van der Waals surface area contributed by atoms with E-state index in [0.717, 1.165) is 10.9 Å². The van der Waals surface area contributed by atoms with Crippen LogP contribution in [0, 0.1) is 0 Å². The van der Waals surface area contributed by atoms with Crippen molar-refractivity contribution in [3.8, 4) is 0 Å². The highest BCUT2D eigenvalue weighted by molar-refractivity contribution is 5.80. The molecule has 0 radical (unpaired) electrons. The summed E-state index contributed by atoms with van der Waals surface area (Å²) in [5, 5.41) is 9.70. The SMILES string of the molecule is [2H]C([2H])(Cn1ccc2ccccc21)C(=O)O. The number of aryl methyl sites for hydroxylation is 1. The van der Waals surface area contributed by atoms with Gasteiger partial charge >= 0.3 is 5.97 Å². The molecule has 3 heteroatoms. The highest BCUT2D eigenvalue weighted by atomic mass is 16.4. The van der Waals surface area contributed by atoms with Gasteiger partial charge in [0.15, 0.2) is 0 Å². The number of carboxylic acids is 1. The molecule has 3 nitrogen and oxygen atoms in total. The maximum absolute atomic E-state index is 10.7. The Bertz CT molecular complexity index is 534. The van der Waals surface area contributed by atoms with Gasteiger partial charge in [0.2, 0.25) is 0 Å². The second-order valence-corrected chi connectivity index (χ2v) is 2.98. The number of benzene rings is 1. The van der Waals surface area contributed by atoms with Gasteiger partial charge in [-0.15, -0.1) is 0 Å². The molecule has 0 aliphatic carbocycles. The quantitative estimate of drug-likeness (QED) is 0.807. The Kier molecular flexibility index (Phi) is 1.68. The van der Waals surface area contributed by atoms with Crippen molar-refractivity contribution in [3.63, 3.8) is 0 Å². The summed E-state index contributed by atoms with van der Waals surface area (Å²) in [6.07, 6.45) is -0.548. The third-order valence-corrected chi connectivity index (χ3v) is 2.08. The summed E-state index contributed by atoms with van der Waals surface area (Å²) in [5.74, 6) is -1.44. The first-order valence-corrected chi connectivity index (χ1v) is 4.28. The standard InChI is InChI=1S/C11H11NO2/c13-11(14)6-8-12-7-5-9-3-1-2-4-10(9)12/h1-5,7H,6,8H2,(H,13,14)/i6D2. The molecular formula is C11H11NO2. The van der Waals surface area contributed by atoms with Gasteiger partial charge in [-0.25, -0.2) is 0 Å². The second kappa shape index (κ2) is 3.54. The lowest BCUT2D eigenvalue weighted by Gasteiger charge is -2.01. The van der Waals surface area contributed by atoms with Crippen LogP contribution in [0.5, 0.6) is 0 Å². The van der Waals surface area contributed by atoms with Crippen LogP contribution in [0.3, 0.4) is 0 Å². The number of para-hydroxylation sites is 1. The van der Waals surface area contributed by atoms with Gasteiger partial charge < -0.3 is 9.67 Å². The summed E-state index contributed by atoms with van der Waals surface area (Å²) in [5.41, 5.74) is 0.840. The topological polar surface area (TPSA) is 42.2 Å². The first-order chi connectivity index (χ1) is 7.50. The molecule has 0 saturated carbocycles. The summed E-state index contributed by atoms with van der Waals surface area (Å²) in [6.45, 7) is -0.185. The molecule has 72 valence electrons. The molecule has 0 aliphatic rings. The monoisotopic (exact) mass is 191 g/mol. The third-order valence-electron chi connectivity index (χ3n) is 2.08. The van der Waals surface area contributed by atoms with Crippen LogP contribution in [0.4, 0.5) is 0 Å². The minimum Gasteiger partial charge on any atom is -0.481 e. The number of aromatic nitrogens is 1. The van der Waals surface area contributed by atoms with Gasteiger partial charge in [-0.2, -0.15) is 0 Å². The lowest BCUT2D eigenvalue weighted by molar-refractivity contribution is -0.137. The maximum Gasteiger partial charge on any atom is 0.305 e. The molecule has 0 unspecified atom stereocenters. The first-order valence-electron chi connectivity index (χ1n) is 5.28. The zero-order valence-corrected chi connectivity index (χ0v) is 7.47. The number of fused-ring (bicyclic) bond motifs is 1. The predicted molar refractivity (Wildman–Crippen MR) is 54.2 cm³/mol. The minimum atomic E-state index is -2.25. The second-order valence-electron chi connectivity index (χ2n) is 2.98. The van der Waals surface area contributed by atoms with Gasteiger partial charge in [0.05, 0.1) is 6.37 Å². The largest absolute Gasteiger partial charge is 0.481 e. The van der Waals surface area contributed by atoms with E-state index in [9.17, 15) is 4.79 Å². The molecule has 0 spiro atoms. The summed E-state index contributed by atoms with van der Waals surface area (Å²) < 4.78 is 16.4. The molecule has 0 atom stereocenters. The van der Waals surface area contributed by atoms with Crippen LogP contribution in [-0.4, -0.2) is 15.6 Å². The summed E-state index contributed by atoms with van der Waals surface area (Å²) in [7, 11) is 0. The Morgan fingerprint density at radius 3 is 3.00 bits per heavy atom. The summed E-state index contributed by atoms with van der Waals surface area (Å²) in [4.78, 5) is 10.7. The fourth-order valence-corrected chi connectivity index (χ4v) is 1.43. The predicted octanol–water partition coefficient (Wildman–Crippen LogP) is 2.12. The van der Waals surface area contributed by atoms with Crippen molar-refractivity contribution in [1.82, 2.24) is 4.57 Å². The van der Waals surface area contributed by atoms with Crippen LogP contribution in [-0.2, 0) is 11.3 Å². The fourth-order valence-electron chi connectivity index (χ4n) is 1.43. The lowest BCUT2D eigenvalue weighted by Crippen LogP contribution is -2.02. The smallest absolute Gasteiger partial charge is 0.305 e. The lowest BCUT2D eigenvalue weighted by atomic mass is 10.2.